The van der Waals surface area contributed by atoms with E-state index < -0.39 is 0 Å². The summed E-state index contributed by atoms with van der Waals surface area (Å²) in [5.74, 6) is 1.23. The molecule has 6 heteroatoms. The first-order valence-electron chi connectivity index (χ1n) is 6.38. The average Bonchev–Trinajstić information content (AvgIpc) is 3.04. The molecule has 0 bridgehead atoms. The summed E-state index contributed by atoms with van der Waals surface area (Å²) in [4.78, 5) is 7.89. The number of oxazole rings is 1. The summed E-state index contributed by atoms with van der Waals surface area (Å²) in [5, 5.41) is 8.31. The number of nitrogens with zero attached hydrogens (tertiary/aromatic N) is 4. The Morgan fingerprint density at radius 3 is 2.57 bits per heavy atom. The molecule has 0 radical (unpaired) electrons. The summed E-state index contributed by atoms with van der Waals surface area (Å²) in [6.07, 6.45) is 4.77. The third kappa shape index (κ3) is 3.30. The lowest BCUT2D eigenvalue weighted by Crippen LogP contribution is -1.90. The van der Waals surface area contributed by atoms with Crippen LogP contribution in [0.4, 0.5) is 11.5 Å². The number of anilines is 1. The maximum absolute atomic E-state index is 5.52. The van der Waals surface area contributed by atoms with Crippen LogP contribution in [-0.4, -0.2) is 9.97 Å². The SMILES string of the molecule is Nc1ccc(CN=Nc2ccc(-c3cnco3)cc2)cn1. The second-order valence-electron chi connectivity index (χ2n) is 4.40. The molecule has 2 aromatic heterocycles. The number of aromatic nitrogens is 2. The molecule has 3 aromatic rings. The van der Waals surface area contributed by atoms with Gasteiger partial charge in [0.1, 0.15) is 5.82 Å². The van der Waals surface area contributed by atoms with Gasteiger partial charge >= 0.3 is 0 Å². The van der Waals surface area contributed by atoms with Gasteiger partial charge in [-0.2, -0.15) is 10.2 Å². The minimum atomic E-state index is 0.469. The maximum Gasteiger partial charge on any atom is 0.181 e. The zero-order chi connectivity index (χ0) is 14.5. The van der Waals surface area contributed by atoms with Gasteiger partial charge in [-0.3, -0.25) is 0 Å². The first kappa shape index (κ1) is 13.0. The lowest BCUT2D eigenvalue weighted by molar-refractivity contribution is 0.572. The number of hydrogen-bond donors (Lipinski definition) is 1. The Bertz CT molecular complexity index is 718. The zero-order valence-electron chi connectivity index (χ0n) is 11.2. The van der Waals surface area contributed by atoms with E-state index in [-0.39, 0.29) is 0 Å². The van der Waals surface area contributed by atoms with Crippen molar-refractivity contribution in [2.24, 2.45) is 10.2 Å². The van der Waals surface area contributed by atoms with E-state index >= 15 is 0 Å². The Hall–Kier alpha value is -3.02. The van der Waals surface area contributed by atoms with Crippen LogP contribution in [0.3, 0.4) is 0 Å². The van der Waals surface area contributed by atoms with E-state index in [9.17, 15) is 0 Å². The molecule has 3 rings (SSSR count). The molecule has 0 amide bonds. The fourth-order valence-electron chi connectivity index (χ4n) is 1.78. The van der Waals surface area contributed by atoms with Gasteiger partial charge < -0.3 is 10.2 Å². The Balaban J connectivity index is 1.65. The van der Waals surface area contributed by atoms with Crippen LogP contribution in [-0.2, 0) is 6.54 Å². The third-order valence-electron chi connectivity index (χ3n) is 2.87. The van der Waals surface area contributed by atoms with Crippen LogP contribution >= 0.6 is 0 Å². The Morgan fingerprint density at radius 1 is 1.05 bits per heavy atom. The molecule has 0 spiro atoms. The molecule has 0 aliphatic carbocycles. The number of pyridine rings is 1. The summed E-state index contributed by atoms with van der Waals surface area (Å²) >= 11 is 0. The van der Waals surface area contributed by atoms with Crippen LogP contribution in [0.25, 0.3) is 11.3 Å². The third-order valence-corrected chi connectivity index (χ3v) is 2.87. The number of nitrogen functional groups attached to an aromatic ring is 1. The molecule has 0 aliphatic rings. The summed E-state index contributed by atoms with van der Waals surface area (Å²) in [7, 11) is 0. The van der Waals surface area contributed by atoms with E-state index in [4.69, 9.17) is 10.2 Å². The van der Waals surface area contributed by atoms with Gasteiger partial charge in [0.25, 0.3) is 0 Å². The van der Waals surface area contributed by atoms with E-state index in [1.807, 2.05) is 30.3 Å². The lowest BCUT2D eigenvalue weighted by atomic mass is 10.2. The predicted octanol–water partition coefficient (Wildman–Crippen LogP) is 3.60. The van der Waals surface area contributed by atoms with E-state index in [1.165, 1.54) is 6.39 Å². The van der Waals surface area contributed by atoms with Gasteiger partial charge in [-0.25, -0.2) is 9.97 Å². The van der Waals surface area contributed by atoms with E-state index in [2.05, 4.69) is 20.2 Å². The van der Waals surface area contributed by atoms with Crippen molar-refractivity contribution in [3.05, 3.63) is 60.7 Å². The summed E-state index contributed by atoms with van der Waals surface area (Å²) < 4.78 is 5.23. The molecule has 21 heavy (non-hydrogen) atoms. The Morgan fingerprint density at radius 2 is 1.90 bits per heavy atom. The van der Waals surface area contributed by atoms with Crippen LogP contribution in [0.2, 0.25) is 0 Å². The van der Waals surface area contributed by atoms with Crippen molar-refractivity contribution in [2.45, 2.75) is 6.54 Å². The fourth-order valence-corrected chi connectivity index (χ4v) is 1.78. The largest absolute Gasteiger partial charge is 0.444 e. The molecule has 1 aromatic carbocycles. The number of azo groups is 1. The fraction of sp³-hybridized carbons (Fsp3) is 0.0667. The highest BCUT2D eigenvalue weighted by Crippen LogP contribution is 2.22. The van der Waals surface area contributed by atoms with E-state index in [1.54, 1.807) is 18.5 Å². The van der Waals surface area contributed by atoms with Crippen LogP contribution in [0.15, 0.2) is 69.8 Å². The number of rotatable bonds is 4. The van der Waals surface area contributed by atoms with Crippen molar-refractivity contribution in [1.29, 1.82) is 0 Å². The van der Waals surface area contributed by atoms with Crippen molar-refractivity contribution in [3.63, 3.8) is 0 Å². The van der Waals surface area contributed by atoms with Gasteiger partial charge in [-0.1, -0.05) is 6.07 Å². The highest BCUT2D eigenvalue weighted by Gasteiger charge is 2.00. The van der Waals surface area contributed by atoms with E-state index in [0.29, 0.717) is 12.4 Å². The highest BCUT2D eigenvalue weighted by atomic mass is 16.3. The van der Waals surface area contributed by atoms with Crippen molar-refractivity contribution in [2.75, 3.05) is 5.73 Å². The number of benzene rings is 1. The zero-order valence-corrected chi connectivity index (χ0v) is 11.2. The van der Waals surface area contributed by atoms with Gasteiger partial charge in [0.05, 0.1) is 18.4 Å². The molecule has 104 valence electrons. The van der Waals surface area contributed by atoms with Crippen LogP contribution in [0, 0.1) is 0 Å². The molecular weight excluding hydrogens is 266 g/mol. The van der Waals surface area contributed by atoms with Gasteiger partial charge in [0.15, 0.2) is 12.2 Å². The van der Waals surface area contributed by atoms with Crippen LogP contribution in [0.1, 0.15) is 5.56 Å². The molecule has 0 aliphatic heterocycles. The second kappa shape index (κ2) is 5.96. The molecule has 2 N–H and O–H groups in total. The lowest BCUT2D eigenvalue weighted by Gasteiger charge is -1.97. The first-order chi connectivity index (χ1) is 10.3. The quantitative estimate of drug-likeness (QED) is 0.739. The molecule has 0 fully saturated rings. The van der Waals surface area contributed by atoms with Gasteiger partial charge in [-0.05, 0) is 35.9 Å². The molecule has 0 unspecified atom stereocenters. The van der Waals surface area contributed by atoms with Crippen molar-refractivity contribution < 1.29 is 4.42 Å². The van der Waals surface area contributed by atoms with E-state index in [0.717, 1.165) is 22.6 Å². The van der Waals surface area contributed by atoms with Gasteiger partial charge in [-0.15, -0.1) is 0 Å². The minimum absolute atomic E-state index is 0.469. The van der Waals surface area contributed by atoms with Gasteiger partial charge in [0, 0.05) is 11.8 Å². The maximum atomic E-state index is 5.52. The topological polar surface area (TPSA) is 89.7 Å². The second-order valence-corrected chi connectivity index (χ2v) is 4.40. The summed E-state index contributed by atoms with van der Waals surface area (Å²) in [5.41, 5.74) is 8.22. The Labute approximate surface area is 121 Å². The van der Waals surface area contributed by atoms with Crippen LogP contribution < -0.4 is 5.73 Å². The molecule has 2 heterocycles. The molecule has 0 saturated heterocycles. The van der Waals surface area contributed by atoms with Crippen molar-refractivity contribution in [3.8, 4) is 11.3 Å². The average molecular weight is 279 g/mol. The normalized spacial score (nSPS) is 11.0. The Kier molecular flexibility index (Phi) is 3.68. The standard InChI is InChI=1S/C15H13N5O/c16-15-6-1-11(7-18-15)8-19-20-13-4-2-12(3-5-13)14-9-17-10-21-14/h1-7,9-10H,8H2,(H2,16,18). The predicted molar refractivity (Wildman–Crippen MR) is 78.8 cm³/mol. The highest BCUT2D eigenvalue weighted by molar-refractivity contribution is 5.59. The molecule has 6 nitrogen and oxygen atoms in total. The van der Waals surface area contributed by atoms with Crippen molar-refractivity contribution in [1.82, 2.24) is 9.97 Å². The molecule has 0 saturated carbocycles. The smallest absolute Gasteiger partial charge is 0.181 e. The van der Waals surface area contributed by atoms with Crippen LogP contribution in [0.5, 0.6) is 0 Å². The van der Waals surface area contributed by atoms with Crippen molar-refractivity contribution >= 4 is 11.5 Å². The summed E-state index contributed by atoms with van der Waals surface area (Å²) in [6, 6.07) is 11.2. The first-order valence-corrected chi connectivity index (χ1v) is 6.38. The monoisotopic (exact) mass is 279 g/mol. The number of hydrogen-bond acceptors (Lipinski definition) is 6. The molecular formula is C15H13N5O. The summed E-state index contributed by atoms with van der Waals surface area (Å²) in [6.45, 7) is 0.469. The molecule has 0 atom stereocenters. The number of nitrogens with two attached hydrogens (primary N) is 1. The van der Waals surface area contributed by atoms with Gasteiger partial charge in [0.2, 0.25) is 0 Å². The minimum Gasteiger partial charge on any atom is -0.444 e.